The minimum absolute atomic E-state index is 0.707. The highest BCUT2D eigenvalue weighted by Gasteiger charge is 2.25. The van der Waals surface area contributed by atoms with Gasteiger partial charge in [0.25, 0.3) is 0 Å². The van der Waals surface area contributed by atoms with Gasteiger partial charge in [-0.2, -0.15) is 0 Å². The Morgan fingerprint density at radius 2 is 0.312 bits per heavy atom. The molecular formula is C132H84N12. The zero-order chi connectivity index (χ0) is 94.8. The molecule has 0 atom stereocenters. The molecule has 30 rings (SSSR count). The molecule has 0 radical (unpaired) electrons. The van der Waals surface area contributed by atoms with E-state index in [1.807, 2.05) is 18.2 Å². The molecule has 9 aromatic heterocycles. The van der Waals surface area contributed by atoms with E-state index < -0.39 is 0 Å². The Bertz CT molecular complexity index is 10200. The predicted molar refractivity (Wildman–Crippen MR) is 597 cm³/mol. The van der Waals surface area contributed by atoms with Crippen LogP contribution in [0.25, 0.3) is 266 Å². The lowest BCUT2D eigenvalue weighted by Crippen LogP contribution is -1.98. The summed E-state index contributed by atoms with van der Waals surface area (Å²) in [7, 11) is 0. The van der Waals surface area contributed by atoms with Crippen molar-refractivity contribution in [3.05, 3.63) is 510 Å². The fraction of sp³-hybridized carbons (Fsp3) is 0. The molecule has 144 heavy (non-hydrogen) atoms. The highest BCUT2D eigenvalue weighted by molar-refractivity contribution is 6.17. The Morgan fingerprint density at radius 1 is 0.111 bits per heavy atom. The molecule has 9 heterocycles. The number of nitrogens with zero attached hydrogens (tertiary/aromatic N) is 12. The Morgan fingerprint density at radius 3 is 0.625 bits per heavy atom. The molecule has 21 aromatic carbocycles. The van der Waals surface area contributed by atoms with E-state index in [9.17, 15) is 0 Å². The Hall–Kier alpha value is -19.6. The van der Waals surface area contributed by atoms with Gasteiger partial charge in [0.2, 0.25) is 0 Å². The average Bonchev–Trinajstić information content (AvgIpc) is 1.20. The van der Waals surface area contributed by atoms with Gasteiger partial charge in [0, 0.05) is 148 Å². The summed E-state index contributed by atoms with van der Waals surface area (Å²) in [5.74, 6) is 2.14. The summed E-state index contributed by atoms with van der Waals surface area (Å²) >= 11 is 0. The Balaban J connectivity index is 0.000000105. The number of fused-ring (bicyclic) bond motifs is 21. The molecule has 0 aliphatic rings. The van der Waals surface area contributed by atoms with Crippen molar-refractivity contribution >= 4 is 164 Å². The monoisotopic (exact) mass is 1840 g/mol. The maximum absolute atomic E-state index is 5.31. The van der Waals surface area contributed by atoms with Gasteiger partial charge in [0.15, 0.2) is 17.5 Å². The summed E-state index contributed by atoms with van der Waals surface area (Å²) in [6.45, 7) is 0. The number of benzene rings is 21. The van der Waals surface area contributed by atoms with E-state index in [0.717, 1.165) is 123 Å². The summed E-state index contributed by atoms with van der Waals surface area (Å²) in [5, 5.41) is 17.8. The van der Waals surface area contributed by atoms with Gasteiger partial charge < -0.3 is 27.4 Å². The molecule has 12 heteroatoms. The molecule has 30 aromatic rings. The molecule has 0 saturated carbocycles. The highest BCUT2D eigenvalue weighted by Crippen LogP contribution is 2.45. The van der Waals surface area contributed by atoms with Crippen LogP contribution in [0.1, 0.15) is 0 Å². The molecule has 0 amide bonds. The topological polar surface area (TPSA) is 107 Å². The summed E-state index contributed by atoms with van der Waals surface area (Å²) in [4.78, 5) is 31.1. The maximum atomic E-state index is 5.31. The fourth-order valence-electron chi connectivity index (χ4n) is 22.1. The summed E-state index contributed by atoms with van der Waals surface area (Å²) in [6, 6.07) is 180. The first-order valence-electron chi connectivity index (χ1n) is 48.8. The third-order valence-electron chi connectivity index (χ3n) is 28.6. The predicted octanol–water partition coefficient (Wildman–Crippen LogP) is 33.5. The van der Waals surface area contributed by atoms with Crippen molar-refractivity contribution < 1.29 is 0 Å². The lowest BCUT2D eigenvalue weighted by molar-refractivity contribution is 1.17. The maximum Gasteiger partial charge on any atom is 0.160 e. The third kappa shape index (κ3) is 13.8. The molecule has 0 aliphatic carbocycles. The summed E-state index contributed by atoms with van der Waals surface area (Å²) in [5.41, 5.74) is 32.7. The van der Waals surface area contributed by atoms with Crippen LogP contribution in [0.15, 0.2) is 510 Å². The van der Waals surface area contributed by atoms with Crippen LogP contribution >= 0.6 is 0 Å². The lowest BCUT2D eigenvalue weighted by atomic mass is 10.0. The van der Waals surface area contributed by atoms with E-state index in [2.05, 4.69) is 519 Å². The SMILES string of the molecule is c1ccc(-n2c3ccccc3c3cc(-c4nc(-c5ccc(-n6c7ccccc7c7ccccc76)cc5)c5ccccc5n4)ccc32)cc1.c1ccc(-n2c3ccccc3c3cc(-c4nc(-c5ccc(-n6c7ccccc7c7ccccc76)cc5)nc5ccccc45)ccc32)cc1.c1ccc(-n2c3ccccc3c3cc(-c4nc(-c5cccc(-n6c7ccccc7c7ccccc76)c5)nc5ccccc45)ccc32)cc1. The van der Waals surface area contributed by atoms with Gasteiger partial charge in [-0.15, -0.1) is 0 Å². The summed E-state index contributed by atoms with van der Waals surface area (Å²) in [6.07, 6.45) is 0. The second kappa shape index (κ2) is 34.3. The molecule has 0 spiro atoms. The van der Waals surface area contributed by atoms with Crippen LogP contribution in [0.4, 0.5) is 0 Å². The van der Waals surface area contributed by atoms with Gasteiger partial charge >= 0.3 is 0 Å². The Labute approximate surface area is 826 Å². The molecule has 0 saturated heterocycles. The lowest BCUT2D eigenvalue weighted by Gasteiger charge is -2.12. The van der Waals surface area contributed by atoms with E-state index in [1.165, 1.54) is 125 Å². The van der Waals surface area contributed by atoms with Crippen molar-refractivity contribution in [1.29, 1.82) is 0 Å². The molecule has 672 valence electrons. The van der Waals surface area contributed by atoms with Gasteiger partial charge in [-0.3, -0.25) is 0 Å². The normalized spacial score (nSPS) is 11.8. The van der Waals surface area contributed by atoms with Crippen molar-refractivity contribution in [3.63, 3.8) is 0 Å². The molecule has 0 unspecified atom stereocenters. The van der Waals surface area contributed by atoms with Crippen molar-refractivity contribution in [2.24, 2.45) is 0 Å². The standard InChI is InChI=1S/3C44H28N4/c1-2-14-31(15-3-1)47-41-24-11-7-19-35(41)37-28-29(25-26-42(37)47)43-36-20-4-8-21-38(36)45-44(46-43)30-13-12-16-32(27-30)48-39-22-9-5-17-33(39)34-18-6-10-23-40(34)48;1-2-12-31(13-3-1)47-41-21-11-7-16-35(41)37-28-30(24-27-42(37)47)43-36-17-4-8-18-38(36)45-44(46-43)29-22-25-32(26-23-29)48-39-19-9-5-14-33(39)34-15-6-10-20-40(34)48;1-2-12-31(13-3-1)47-41-21-11-7-16-35(41)37-28-30(24-27-42(37)47)44-45-38-18-8-4-17-36(38)43(46-44)29-22-25-32(26-23-29)48-39-19-9-5-14-33(39)34-15-6-10-20-40(34)48/h3*1-28H. The van der Waals surface area contributed by atoms with Gasteiger partial charge in [-0.25, -0.2) is 29.9 Å². The van der Waals surface area contributed by atoms with Crippen LogP contribution < -0.4 is 0 Å². The Kier molecular flexibility index (Phi) is 19.7. The van der Waals surface area contributed by atoms with E-state index in [1.54, 1.807) is 0 Å². The van der Waals surface area contributed by atoms with Crippen molar-refractivity contribution in [1.82, 2.24) is 57.3 Å². The van der Waals surface area contributed by atoms with Crippen LogP contribution in [-0.4, -0.2) is 57.3 Å². The number of hydrogen-bond acceptors (Lipinski definition) is 6. The first-order chi connectivity index (χ1) is 71.4. The molecule has 0 bridgehead atoms. The van der Waals surface area contributed by atoms with Gasteiger partial charge in [0.1, 0.15) is 0 Å². The van der Waals surface area contributed by atoms with Crippen molar-refractivity contribution in [2.75, 3.05) is 0 Å². The number of para-hydroxylation sites is 15. The van der Waals surface area contributed by atoms with Crippen LogP contribution in [0, 0.1) is 0 Å². The zero-order valence-electron chi connectivity index (χ0n) is 77.9. The van der Waals surface area contributed by atoms with Crippen molar-refractivity contribution in [3.8, 4) is 102 Å². The van der Waals surface area contributed by atoms with Gasteiger partial charge in [0.05, 0.1) is 99.8 Å². The van der Waals surface area contributed by atoms with Crippen LogP contribution in [0.2, 0.25) is 0 Å². The minimum Gasteiger partial charge on any atom is -0.309 e. The van der Waals surface area contributed by atoms with Crippen LogP contribution in [-0.2, 0) is 0 Å². The fourth-order valence-corrected chi connectivity index (χ4v) is 22.1. The van der Waals surface area contributed by atoms with E-state index in [0.29, 0.717) is 17.5 Å². The first kappa shape index (κ1) is 82.7. The van der Waals surface area contributed by atoms with Crippen LogP contribution in [0.3, 0.4) is 0 Å². The first-order valence-corrected chi connectivity index (χ1v) is 48.8. The van der Waals surface area contributed by atoms with E-state index in [4.69, 9.17) is 29.9 Å². The van der Waals surface area contributed by atoms with Crippen molar-refractivity contribution in [2.45, 2.75) is 0 Å². The number of rotatable bonds is 12. The molecular weight excluding hydrogens is 1750 g/mol. The largest absolute Gasteiger partial charge is 0.309 e. The quantitative estimate of drug-likeness (QED) is 0.121. The third-order valence-corrected chi connectivity index (χ3v) is 28.6. The minimum atomic E-state index is 0.707. The smallest absolute Gasteiger partial charge is 0.160 e. The van der Waals surface area contributed by atoms with Crippen LogP contribution in [0.5, 0.6) is 0 Å². The highest BCUT2D eigenvalue weighted by atomic mass is 15.0. The van der Waals surface area contributed by atoms with Gasteiger partial charge in [-0.05, 0) is 200 Å². The molecule has 0 N–H and O–H groups in total. The summed E-state index contributed by atoms with van der Waals surface area (Å²) < 4.78 is 14.0. The molecule has 12 nitrogen and oxygen atoms in total. The van der Waals surface area contributed by atoms with E-state index >= 15 is 0 Å². The molecule has 0 fully saturated rings. The number of aromatic nitrogens is 12. The number of hydrogen-bond donors (Lipinski definition) is 0. The second-order valence-corrected chi connectivity index (χ2v) is 36.8. The zero-order valence-corrected chi connectivity index (χ0v) is 77.9. The van der Waals surface area contributed by atoms with E-state index in [-0.39, 0.29) is 0 Å². The average molecular weight is 1840 g/mol. The molecule has 0 aliphatic heterocycles. The van der Waals surface area contributed by atoms with Gasteiger partial charge in [-0.1, -0.05) is 309 Å². The second-order valence-electron chi connectivity index (χ2n) is 36.8.